The fourth-order valence-electron chi connectivity index (χ4n) is 2.17. The lowest BCUT2D eigenvalue weighted by Crippen LogP contribution is -2.35. The number of aromatic nitrogens is 1. The summed E-state index contributed by atoms with van der Waals surface area (Å²) in [6.07, 6.45) is 5.67. The second-order valence-electron chi connectivity index (χ2n) is 5.15. The van der Waals surface area contributed by atoms with E-state index in [1.165, 1.54) is 12.5 Å². The van der Waals surface area contributed by atoms with Crippen molar-refractivity contribution in [2.45, 2.75) is 26.3 Å². The average Bonchev–Trinajstić information content (AvgIpc) is 3.11. The van der Waals surface area contributed by atoms with Crippen LogP contribution in [0.1, 0.15) is 35.8 Å². The van der Waals surface area contributed by atoms with E-state index in [1.807, 2.05) is 25.1 Å². The van der Waals surface area contributed by atoms with Crippen LogP contribution < -0.4 is 5.32 Å². The monoisotopic (exact) mass is 315 g/mol. The summed E-state index contributed by atoms with van der Waals surface area (Å²) in [6.45, 7) is 3.38. The first-order valence-electron chi connectivity index (χ1n) is 7.68. The molecular formula is C17H21N3O3. The second kappa shape index (κ2) is 8.73. The van der Waals surface area contributed by atoms with Gasteiger partial charge in [-0.05, 0) is 24.6 Å². The number of hydrogen-bond donors (Lipinski definition) is 1. The van der Waals surface area contributed by atoms with E-state index in [2.05, 4.69) is 10.3 Å². The van der Waals surface area contributed by atoms with Crippen molar-refractivity contribution < 1.29 is 14.0 Å². The number of carbonyl (C=O) groups excluding carboxylic acids is 2. The van der Waals surface area contributed by atoms with Crippen LogP contribution in [0.15, 0.2) is 47.4 Å². The van der Waals surface area contributed by atoms with Gasteiger partial charge in [-0.3, -0.25) is 14.6 Å². The summed E-state index contributed by atoms with van der Waals surface area (Å²) in [5, 5.41) is 2.81. The van der Waals surface area contributed by atoms with Gasteiger partial charge in [0, 0.05) is 25.7 Å². The van der Waals surface area contributed by atoms with Gasteiger partial charge in [0.25, 0.3) is 5.91 Å². The number of carbonyl (C=O) groups is 2. The average molecular weight is 315 g/mol. The minimum atomic E-state index is -0.113. The normalized spacial score (nSPS) is 10.3. The molecule has 0 radical (unpaired) electrons. The Hall–Kier alpha value is -2.63. The van der Waals surface area contributed by atoms with E-state index < -0.39 is 0 Å². The van der Waals surface area contributed by atoms with Gasteiger partial charge in [-0.15, -0.1) is 0 Å². The van der Waals surface area contributed by atoms with Crippen LogP contribution in [-0.4, -0.2) is 34.8 Å². The lowest BCUT2D eigenvalue weighted by Gasteiger charge is -2.21. The van der Waals surface area contributed by atoms with E-state index in [-0.39, 0.29) is 18.2 Å². The van der Waals surface area contributed by atoms with Crippen molar-refractivity contribution in [1.82, 2.24) is 15.2 Å². The molecule has 2 amide bonds. The number of nitrogens with one attached hydrogen (secondary N) is 1. The Balaban J connectivity index is 1.81. The van der Waals surface area contributed by atoms with E-state index >= 15 is 0 Å². The topological polar surface area (TPSA) is 75.4 Å². The molecule has 2 rings (SSSR count). The number of pyridine rings is 1. The van der Waals surface area contributed by atoms with E-state index in [0.29, 0.717) is 25.2 Å². The molecule has 0 saturated carbocycles. The lowest BCUT2D eigenvalue weighted by atomic mass is 10.2. The van der Waals surface area contributed by atoms with Crippen molar-refractivity contribution in [2.24, 2.45) is 0 Å². The highest BCUT2D eigenvalue weighted by Gasteiger charge is 2.17. The van der Waals surface area contributed by atoms with Crippen LogP contribution >= 0.6 is 0 Å². The van der Waals surface area contributed by atoms with Crippen molar-refractivity contribution in [3.05, 3.63) is 54.2 Å². The predicted octanol–water partition coefficient (Wildman–Crippen LogP) is 2.23. The van der Waals surface area contributed by atoms with Crippen molar-refractivity contribution >= 4 is 11.8 Å². The molecule has 0 aliphatic heterocycles. The first-order valence-corrected chi connectivity index (χ1v) is 7.68. The third-order valence-corrected chi connectivity index (χ3v) is 3.35. The van der Waals surface area contributed by atoms with Crippen molar-refractivity contribution in [2.75, 3.05) is 13.1 Å². The maximum Gasteiger partial charge on any atom is 0.257 e. The van der Waals surface area contributed by atoms with Crippen molar-refractivity contribution in [3.8, 4) is 0 Å². The van der Waals surface area contributed by atoms with Crippen molar-refractivity contribution in [3.63, 3.8) is 0 Å². The summed E-state index contributed by atoms with van der Waals surface area (Å²) in [7, 11) is 0. The highest BCUT2D eigenvalue weighted by atomic mass is 16.3. The third-order valence-electron chi connectivity index (χ3n) is 3.35. The summed E-state index contributed by atoms with van der Waals surface area (Å²) >= 11 is 0. The molecule has 0 unspecified atom stereocenters. The Morgan fingerprint density at radius 3 is 2.78 bits per heavy atom. The molecule has 0 bridgehead atoms. The molecule has 0 aliphatic rings. The Bertz CT molecular complexity index is 611. The molecule has 2 aromatic heterocycles. The smallest absolute Gasteiger partial charge is 0.257 e. The Kier molecular flexibility index (Phi) is 6.35. The molecule has 0 saturated heterocycles. The first-order chi connectivity index (χ1) is 11.2. The highest BCUT2D eigenvalue weighted by molar-refractivity contribution is 5.94. The van der Waals surface area contributed by atoms with E-state index in [4.69, 9.17) is 4.42 Å². The number of nitrogens with zero attached hydrogens (tertiary/aromatic N) is 2. The fourth-order valence-corrected chi connectivity index (χ4v) is 2.17. The van der Waals surface area contributed by atoms with Crippen LogP contribution in [-0.2, 0) is 11.3 Å². The summed E-state index contributed by atoms with van der Waals surface area (Å²) in [5.41, 5.74) is 1.31. The zero-order chi connectivity index (χ0) is 16.5. The molecule has 122 valence electrons. The largest absolute Gasteiger partial charge is 0.472 e. The van der Waals surface area contributed by atoms with Gasteiger partial charge in [0.15, 0.2) is 0 Å². The van der Waals surface area contributed by atoms with Crippen LogP contribution in [0.3, 0.4) is 0 Å². The maximum absolute atomic E-state index is 12.3. The Morgan fingerprint density at radius 1 is 1.26 bits per heavy atom. The SMILES string of the molecule is CCCN(CCC(=O)NCc1ccccn1)C(=O)c1ccoc1. The summed E-state index contributed by atoms with van der Waals surface area (Å²) in [4.78, 5) is 30.1. The minimum absolute atomic E-state index is 0.100. The summed E-state index contributed by atoms with van der Waals surface area (Å²) in [5.74, 6) is -0.213. The molecule has 0 spiro atoms. The van der Waals surface area contributed by atoms with Gasteiger partial charge in [-0.2, -0.15) is 0 Å². The van der Waals surface area contributed by atoms with Gasteiger partial charge in [0.1, 0.15) is 6.26 Å². The zero-order valence-electron chi connectivity index (χ0n) is 13.2. The third kappa shape index (κ3) is 5.25. The molecule has 0 atom stereocenters. The molecular weight excluding hydrogens is 294 g/mol. The van der Waals surface area contributed by atoms with Gasteiger partial charge in [0.05, 0.1) is 24.1 Å². The molecule has 0 aliphatic carbocycles. The lowest BCUT2D eigenvalue weighted by molar-refractivity contribution is -0.121. The molecule has 23 heavy (non-hydrogen) atoms. The Labute approximate surface area is 135 Å². The minimum Gasteiger partial charge on any atom is -0.472 e. The summed E-state index contributed by atoms with van der Waals surface area (Å²) < 4.78 is 4.94. The fraction of sp³-hybridized carbons (Fsp3) is 0.353. The second-order valence-corrected chi connectivity index (χ2v) is 5.15. The quantitative estimate of drug-likeness (QED) is 0.810. The predicted molar refractivity (Wildman–Crippen MR) is 85.6 cm³/mol. The molecule has 1 N–H and O–H groups in total. The molecule has 6 heteroatoms. The number of hydrogen-bond acceptors (Lipinski definition) is 4. The van der Waals surface area contributed by atoms with E-state index in [0.717, 1.165) is 12.1 Å². The van der Waals surface area contributed by atoms with Crippen LogP contribution in [0.5, 0.6) is 0 Å². The van der Waals surface area contributed by atoms with Gasteiger partial charge < -0.3 is 14.6 Å². The first kappa shape index (κ1) is 16.7. The van der Waals surface area contributed by atoms with Crippen LogP contribution in [0, 0.1) is 0 Å². The number of rotatable bonds is 8. The van der Waals surface area contributed by atoms with Crippen LogP contribution in [0.25, 0.3) is 0 Å². The molecule has 0 aromatic carbocycles. The molecule has 0 fully saturated rings. The van der Waals surface area contributed by atoms with Crippen molar-refractivity contribution in [1.29, 1.82) is 0 Å². The molecule has 6 nitrogen and oxygen atoms in total. The Morgan fingerprint density at radius 2 is 2.13 bits per heavy atom. The van der Waals surface area contributed by atoms with Crippen LogP contribution in [0.4, 0.5) is 0 Å². The maximum atomic E-state index is 12.3. The van der Waals surface area contributed by atoms with E-state index in [1.54, 1.807) is 17.2 Å². The van der Waals surface area contributed by atoms with Gasteiger partial charge in [0.2, 0.25) is 5.91 Å². The molecule has 2 heterocycles. The zero-order valence-corrected chi connectivity index (χ0v) is 13.2. The van der Waals surface area contributed by atoms with Gasteiger partial charge in [-0.1, -0.05) is 13.0 Å². The van der Waals surface area contributed by atoms with Gasteiger partial charge in [-0.25, -0.2) is 0 Å². The van der Waals surface area contributed by atoms with Crippen LogP contribution in [0.2, 0.25) is 0 Å². The number of amides is 2. The molecule has 2 aromatic rings. The van der Waals surface area contributed by atoms with E-state index in [9.17, 15) is 9.59 Å². The standard InChI is InChI=1S/C17H21N3O3/c1-2-9-20(17(22)14-7-11-23-13-14)10-6-16(21)19-12-15-5-3-4-8-18-15/h3-5,7-8,11,13H,2,6,9-10,12H2,1H3,(H,19,21). The highest BCUT2D eigenvalue weighted by Crippen LogP contribution is 2.07. The van der Waals surface area contributed by atoms with Gasteiger partial charge >= 0.3 is 0 Å². The summed E-state index contributed by atoms with van der Waals surface area (Å²) in [6, 6.07) is 7.19. The number of furan rings is 1.